The summed E-state index contributed by atoms with van der Waals surface area (Å²) in [7, 11) is 0. The van der Waals surface area contributed by atoms with Crippen LogP contribution in [0.15, 0.2) is 0 Å². The molecule has 2 aliphatic rings. The van der Waals surface area contributed by atoms with Gasteiger partial charge in [0.1, 0.15) is 0 Å². The third-order valence-corrected chi connectivity index (χ3v) is 5.36. The van der Waals surface area contributed by atoms with Gasteiger partial charge in [-0.3, -0.25) is 0 Å². The minimum absolute atomic E-state index is 0.338. The number of ether oxygens (including phenoxy) is 1. The Labute approximate surface area is 112 Å². The summed E-state index contributed by atoms with van der Waals surface area (Å²) in [6.07, 6.45) is -2.39. The fourth-order valence-electron chi connectivity index (χ4n) is 3.78. The molecule has 0 aromatic rings. The first-order valence-electron chi connectivity index (χ1n) is 7.00. The second-order valence-electron chi connectivity index (χ2n) is 6.66. The monoisotopic (exact) mass is 280 g/mol. The summed E-state index contributed by atoms with van der Waals surface area (Å²) in [5.74, 6) is 3.00. The van der Waals surface area contributed by atoms with Gasteiger partial charge in [-0.05, 0) is 49.4 Å². The molecule has 0 aromatic heterocycles. The van der Waals surface area contributed by atoms with E-state index in [0.717, 1.165) is 19.3 Å². The van der Waals surface area contributed by atoms with Gasteiger partial charge in [0.15, 0.2) is 5.60 Å². The molecule has 0 aliphatic heterocycles. The van der Waals surface area contributed by atoms with Gasteiger partial charge in [-0.2, -0.15) is 13.2 Å². The largest absolute Gasteiger partial charge is 0.419 e. The zero-order valence-electron chi connectivity index (χ0n) is 11.7. The topological polar surface area (TPSA) is 29.5 Å². The van der Waals surface area contributed by atoms with E-state index in [2.05, 4.69) is 13.8 Å². The van der Waals surface area contributed by atoms with Crippen molar-refractivity contribution >= 4 is 0 Å². The van der Waals surface area contributed by atoms with Gasteiger partial charge < -0.3 is 9.84 Å². The summed E-state index contributed by atoms with van der Waals surface area (Å²) in [5.41, 5.74) is -2.75. The molecule has 2 saturated carbocycles. The molecule has 5 heteroatoms. The van der Waals surface area contributed by atoms with Crippen LogP contribution in [0.3, 0.4) is 0 Å². The van der Waals surface area contributed by atoms with Crippen LogP contribution in [0.4, 0.5) is 13.2 Å². The molecule has 6 atom stereocenters. The van der Waals surface area contributed by atoms with Crippen molar-refractivity contribution in [2.24, 2.45) is 29.6 Å². The maximum absolute atomic E-state index is 12.5. The maximum Gasteiger partial charge on any atom is 0.419 e. The van der Waals surface area contributed by atoms with E-state index in [1.165, 1.54) is 6.42 Å². The van der Waals surface area contributed by atoms with Crippen LogP contribution < -0.4 is 0 Å². The minimum Gasteiger partial charge on any atom is -0.379 e. The molecule has 2 rings (SSSR count). The molecule has 6 unspecified atom stereocenters. The number of rotatable bonds is 4. The number of hydrogen-bond acceptors (Lipinski definition) is 2. The third-order valence-electron chi connectivity index (χ3n) is 5.36. The molecule has 2 bridgehead atoms. The van der Waals surface area contributed by atoms with E-state index in [9.17, 15) is 18.3 Å². The molecule has 2 aliphatic carbocycles. The zero-order valence-corrected chi connectivity index (χ0v) is 11.7. The van der Waals surface area contributed by atoms with Crippen molar-refractivity contribution < 1.29 is 23.0 Å². The standard InChI is InChI=1S/C14H23F3O2/c1-8-9(2)12-5-10(8)4-11(12)6-19-7-13(3,18)14(15,16)17/h8-12,18H,4-7H2,1-3H3. The van der Waals surface area contributed by atoms with Crippen LogP contribution in [0.1, 0.15) is 33.6 Å². The highest BCUT2D eigenvalue weighted by Crippen LogP contribution is 2.54. The van der Waals surface area contributed by atoms with Crippen molar-refractivity contribution in [1.29, 1.82) is 0 Å². The average Bonchev–Trinajstić information content (AvgIpc) is 2.78. The highest BCUT2D eigenvalue weighted by molar-refractivity contribution is 4.97. The summed E-state index contributed by atoms with van der Waals surface area (Å²) in [6, 6.07) is 0. The van der Waals surface area contributed by atoms with Crippen molar-refractivity contribution in [3.05, 3.63) is 0 Å². The van der Waals surface area contributed by atoms with Crippen molar-refractivity contribution in [2.45, 2.75) is 45.4 Å². The quantitative estimate of drug-likeness (QED) is 0.856. The van der Waals surface area contributed by atoms with Crippen molar-refractivity contribution in [3.8, 4) is 0 Å². The van der Waals surface area contributed by atoms with Crippen molar-refractivity contribution in [3.63, 3.8) is 0 Å². The van der Waals surface area contributed by atoms with Gasteiger partial charge in [0.25, 0.3) is 0 Å². The van der Waals surface area contributed by atoms with Crippen LogP contribution in [0, 0.1) is 29.6 Å². The Morgan fingerprint density at radius 2 is 1.79 bits per heavy atom. The number of aliphatic hydroxyl groups is 1. The molecule has 2 fully saturated rings. The molecular weight excluding hydrogens is 257 g/mol. The number of halogens is 3. The lowest BCUT2D eigenvalue weighted by atomic mass is 9.76. The van der Waals surface area contributed by atoms with E-state index >= 15 is 0 Å². The number of alkyl halides is 3. The smallest absolute Gasteiger partial charge is 0.379 e. The molecule has 19 heavy (non-hydrogen) atoms. The summed E-state index contributed by atoms with van der Waals surface area (Å²) >= 11 is 0. The molecule has 1 N–H and O–H groups in total. The fourth-order valence-corrected chi connectivity index (χ4v) is 3.78. The highest BCUT2D eigenvalue weighted by Gasteiger charge is 2.51. The lowest BCUT2D eigenvalue weighted by molar-refractivity contribution is -0.268. The molecule has 2 nitrogen and oxygen atoms in total. The predicted molar refractivity (Wildman–Crippen MR) is 65.5 cm³/mol. The lowest BCUT2D eigenvalue weighted by Gasteiger charge is -2.32. The summed E-state index contributed by atoms with van der Waals surface area (Å²) < 4.78 is 42.6. The Morgan fingerprint density at radius 3 is 2.26 bits per heavy atom. The minimum atomic E-state index is -4.64. The maximum atomic E-state index is 12.5. The Balaban J connectivity index is 1.79. The van der Waals surface area contributed by atoms with Gasteiger partial charge in [-0.1, -0.05) is 13.8 Å². The Bertz CT molecular complexity index is 325. The predicted octanol–water partition coefficient (Wildman–Crippen LogP) is 3.24. The summed E-state index contributed by atoms with van der Waals surface area (Å²) in [6.45, 7) is 4.92. The van der Waals surface area contributed by atoms with Gasteiger partial charge in [0.2, 0.25) is 0 Å². The van der Waals surface area contributed by atoms with Crippen LogP contribution in [0.2, 0.25) is 0 Å². The van der Waals surface area contributed by atoms with Gasteiger partial charge in [-0.15, -0.1) is 0 Å². The van der Waals surface area contributed by atoms with E-state index in [1.54, 1.807) is 0 Å². The zero-order chi connectivity index (χ0) is 14.4. The van der Waals surface area contributed by atoms with Crippen LogP contribution in [-0.4, -0.2) is 30.1 Å². The normalized spacial score (nSPS) is 41.5. The summed E-state index contributed by atoms with van der Waals surface area (Å²) in [5, 5.41) is 9.30. The lowest BCUT2D eigenvalue weighted by Crippen LogP contribution is -2.46. The van der Waals surface area contributed by atoms with E-state index in [0.29, 0.717) is 30.3 Å². The average molecular weight is 280 g/mol. The van der Waals surface area contributed by atoms with Crippen LogP contribution in [-0.2, 0) is 4.74 Å². The Kier molecular flexibility index (Phi) is 3.91. The van der Waals surface area contributed by atoms with Crippen LogP contribution in [0.25, 0.3) is 0 Å². The Morgan fingerprint density at radius 1 is 1.16 bits per heavy atom. The van der Waals surface area contributed by atoms with E-state index in [4.69, 9.17) is 4.74 Å². The van der Waals surface area contributed by atoms with Crippen LogP contribution >= 0.6 is 0 Å². The molecular formula is C14H23F3O2. The first-order chi connectivity index (χ1) is 8.63. The molecule has 0 spiro atoms. The van der Waals surface area contributed by atoms with Gasteiger partial charge >= 0.3 is 6.18 Å². The summed E-state index contributed by atoms with van der Waals surface area (Å²) in [4.78, 5) is 0. The second-order valence-corrected chi connectivity index (χ2v) is 6.66. The van der Waals surface area contributed by atoms with E-state index in [-0.39, 0.29) is 0 Å². The molecule has 0 heterocycles. The molecule has 0 radical (unpaired) electrons. The number of hydrogen-bond donors (Lipinski definition) is 1. The van der Waals surface area contributed by atoms with E-state index in [1.807, 2.05) is 0 Å². The highest BCUT2D eigenvalue weighted by atomic mass is 19.4. The third kappa shape index (κ3) is 2.77. The van der Waals surface area contributed by atoms with Crippen LogP contribution in [0.5, 0.6) is 0 Å². The van der Waals surface area contributed by atoms with Gasteiger partial charge in [0.05, 0.1) is 6.61 Å². The molecule has 112 valence electrons. The van der Waals surface area contributed by atoms with Crippen molar-refractivity contribution in [2.75, 3.05) is 13.2 Å². The van der Waals surface area contributed by atoms with Gasteiger partial charge in [-0.25, -0.2) is 0 Å². The Hall–Kier alpha value is -0.290. The SMILES string of the molecule is CC1C2CC(COCC(C)(O)C(F)(F)F)C(C2)C1C. The fraction of sp³-hybridized carbons (Fsp3) is 1.00. The van der Waals surface area contributed by atoms with E-state index < -0.39 is 18.4 Å². The first kappa shape index (κ1) is 15.1. The molecule has 0 amide bonds. The first-order valence-corrected chi connectivity index (χ1v) is 7.00. The second kappa shape index (κ2) is 4.92. The molecule has 0 saturated heterocycles. The van der Waals surface area contributed by atoms with Crippen molar-refractivity contribution in [1.82, 2.24) is 0 Å². The molecule has 0 aromatic carbocycles. The van der Waals surface area contributed by atoms with Gasteiger partial charge in [0, 0.05) is 6.61 Å². The number of fused-ring (bicyclic) bond motifs is 2.